The van der Waals surface area contributed by atoms with Crippen LogP contribution in [0.2, 0.25) is 0 Å². The first-order chi connectivity index (χ1) is 13.1. The van der Waals surface area contributed by atoms with Gasteiger partial charge in [-0.15, -0.1) is 10.2 Å². The number of anilines is 1. The molecule has 1 aliphatic rings. The Bertz CT molecular complexity index is 925. The monoisotopic (exact) mass is 366 g/mol. The molecule has 1 saturated heterocycles. The van der Waals surface area contributed by atoms with Crippen LogP contribution in [-0.4, -0.2) is 56.9 Å². The molecule has 0 atom stereocenters. The molecule has 2 aromatic heterocycles. The van der Waals surface area contributed by atoms with Gasteiger partial charge in [0.05, 0.1) is 12.1 Å². The zero-order valence-corrected chi connectivity index (χ0v) is 15.5. The molecule has 3 aromatic rings. The standard InChI is InChI=1S/C19H22N6O2/c1-14-20-21-19(23(14)2)25-10-8-24(9-11-25)18(26)13-16-12-17(27-22-16)15-6-4-3-5-7-15/h3-7,12H,8-11,13H2,1-2H3. The highest BCUT2D eigenvalue weighted by atomic mass is 16.5. The Morgan fingerprint density at radius 3 is 2.52 bits per heavy atom. The number of piperazine rings is 1. The Balaban J connectivity index is 1.35. The number of nitrogens with zero attached hydrogens (tertiary/aromatic N) is 6. The predicted octanol–water partition coefficient (Wildman–Crippen LogP) is 1.67. The number of amides is 1. The van der Waals surface area contributed by atoms with Crippen molar-refractivity contribution >= 4 is 11.9 Å². The minimum atomic E-state index is 0.0664. The van der Waals surface area contributed by atoms with Gasteiger partial charge in [-0.1, -0.05) is 35.5 Å². The van der Waals surface area contributed by atoms with Crippen molar-refractivity contribution in [1.82, 2.24) is 24.8 Å². The van der Waals surface area contributed by atoms with Crippen LogP contribution >= 0.6 is 0 Å². The van der Waals surface area contributed by atoms with Crippen molar-refractivity contribution in [2.45, 2.75) is 13.3 Å². The summed E-state index contributed by atoms with van der Waals surface area (Å²) in [6, 6.07) is 11.6. The molecule has 1 fully saturated rings. The van der Waals surface area contributed by atoms with Crippen molar-refractivity contribution in [2.24, 2.45) is 7.05 Å². The highest BCUT2D eigenvalue weighted by molar-refractivity contribution is 5.79. The number of benzene rings is 1. The molecule has 8 heteroatoms. The molecule has 140 valence electrons. The average molecular weight is 366 g/mol. The number of rotatable bonds is 4. The SMILES string of the molecule is Cc1nnc(N2CCN(C(=O)Cc3cc(-c4ccccc4)on3)CC2)n1C. The van der Waals surface area contributed by atoms with Crippen molar-refractivity contribution in [2.75, 3.05) is 31.1 Å². The van der Waals surface area contributed by atoms with Gasteiger partial charge in [0.15, 0.2) is 5.76 Å². The van der Waals surface area contributed by atoms with Crippen molar-refractivity contribution in [3.8, 4) is 11.3 Å². The molecule has 0 aliphatic carbocycles. The van der Waals surface area contributed by atoms with Crippen LogP contribution in [-0.2, 0) is 18.3 Å². The fourth-order valence-electron chi connectivity index (χ4n) is 3.23. The second kappa shape index (κ2) is 7.22. The summed E-state index contributed by atoms with van der Waals surface area (Å²) in [5.74, 6) is 2.48. The summed E-state index contributed by atoms with van der Waals surface area (Å²) in [5.41, 5.74) is 1.61. The van der Waals surface area contributed by atoms with E-state index in [4.69, 9.17) is 4.52 Å². The number of carbonyl (C=O) groups excluding carboxylic acids is 1. The van der Waals surface area contributed by atoms with Crippen molar-refractivity contribution in [3.05, 3.63) is 47.9 Å². The third kappa shape index (κ3) is 3.55. The van der Waals surface area contributed by atoms with Gasteiger partial charge in [-0.3, -0.25) is 4.79 Å². The fourth-order valence-corrected chi connectivity index (χ4v) is 3.23. The average Bonchev–Trinajstić information content (AvgIpc) is 3.30. The van der Waals surface area contributed by atoms with Gasteiger partial charge >= 0.3 is 0 Å². The number of aromatic nitrogens is 4. The van der Waals surface area contributed by atoms with Crippen LogP contribution in [0.4, 0.5) is 5.95 Å². The Morgan fingerprint density at radius 2 is 1.85 bits per heavy atom. The first kappa shape index (κ1) is 17.3. The summed E-state index contributed by atoms with van der Waals surface area (Å²) in [7, 11) is 1.96. The van der Waals surface area contributed by atoms with E-state index in [1.54, 1.807) is 0 Å². The van der Waals surface area contributed by atoms with Gasteiger partial charge in [0.1, 0.15) is 5.82 Å². The van der Waals surface area contributed by atoms with Gasteiger partial charge < -0.3 is 18.9 Å². The smallest absolute Gasteiger partial charge is 0.228 e. The van der Waals surface area contributed by atoms with Crippen LogP contribution in [0.1, 0.15) is 11.5 Å². The summed E-state index contributed by atoms with van der Waals surface area (Å²) < 4.78 is 7.35. The van der Waals surface area contributed by atoms with Crippen LogP contribution in [0.3, 0.4) is 0 Å². The van der Waals surface area contributed by atoms with Gasteiger partial charge in [0, 0.05) is 44.9 Å². The highest BCUT2D eigenvalue weighted by Gasteiger charge is 2.24. The highest BCUT2D eigenvalue weighted by Crippen LogP contribution is 2.20. The molecular formula is C19H22N6O2. The Morgan fingerprint density at radius 1 is 1.11 bits per heavy atom. The van der Waals surface area contributed by atoms with E-state index in [-0.39, 0.29) is 12.3 Å². The van der Waals surface area contributed by atoms with Gasteiger partial charge in [0.2, 0.25) is 11.9 Å². The third-order valence-electron chi connectivity index (χ3n) is 4.93. The molecule has 27 heavy (non-hydrogen) atoms. The summed E-state index contributed by atoms with van der Waals surface area (Å²) >= 11 is 0. The molecule has 1 aromatic carbocycles. The van der Waals surface area contributed by atoms with E-state index in [2.05, 4.69) is 20.3 Å². The molecule has 0 spiro atoms. The van der Waals surface area contributed by atoms with Gasteiger partial charge in [-0.25, -0.2) is 0 Å². The number of carbonyl (C=O) groups is 1. The van der Waals surface area contributed by atoms with Crippen molar-refractivity contribution in [3.63, 3.8) is 0 Å². The predicted molar refractivity (Wildman–Crippen MR) is 100 cm³/mol. The third-order valence-corrected chi connectivity index (χ3v) is 4.93. The zero-order valence-electron chi connectivity index (χ0n) is 15.5. The molecule has 1 amide bonds. The zero-order chi connectivity index (χ0) is 18.8. The Labute approximate surface area is 157 Å². The molecule has 1 aliphatic heterocycles. The number of hydrogen-bond acceptors (Lipinski definition) is 6. The van der Waals surface area contributed by atoms with Crippen LogP contribution in [0.15, 0.2) is 40.9 Å². The summed E-state index contributed by atoms with van der Waals surface area (Å²) in [6.45, 7) is 4.73. The molecular weight excluding hydrogens is 344 g/mol. The lowest BCUT2D eigenvalue weighted by Gasteiger charge is -2.34. The number of hydrogen-bond donors (Lipinski definition) is 0. The van der Waals surface area contributed by atoms with E-state index in [1.165, 1.54) is 0 Å². The van der Waals surface area contributed by atoms with Gasteiger partial charge in [0.25, 0.3) is 0 Å². The molecule has 0 N–H and O–H groups in total. The lowest BCUT2D eigenvalue weighted by Crippen LogP contribution is -2.49. The molecule has 0 saturated carbocycles. The van der Waals surface area contributed by atoms with Crippen LogP contribution in [0.5, 0.6) is 0 Å². The fraction of sp³-hybridized carbons (Fsp3) is 0.368. The van der Waals surface area contributed by atoms with E-state index in [9.17, 15) is 4.79 Å². The van der Waals surface area contributed by atoms with Crippen molar-refractivity contribution in [1.29, 1.82) is 0 Å². The summed E-state index contributed by atoms with van der Waals surface area (Å²) in [5, 5.41) is 12.4. The molecule has 0 bridgehead atoms. The summed E-state index contributed by atoms with van der Waals surface area (Å²) in [4.78, 5) is 16.7. The molecule has 0 radical (unpaired) electrons. The van der Waals surface area contributed by atoms with Crippen LogP contribution in [0, 0.1) is 6.92 Å². The van der Waals surface area contributed by atoms with E-state index in [0.717, 1.165) is 30.4 Å². The second-order valence-corrected chi connectivity index (χ2v) is 6.70. The molecule has 8 nitrogen and oxygen atoms in total. The second-order valence-electron chi connectivity index (χ2n) is 6.70. The number of aryl methyl sites for hydroxylation is 1. The quantitative estimate of drug-likeness (QED) is 0.699. The first-order valence-corrected chi connectivity index (χ1v) is 9.01. The van der Waals surface area contributed by atoms with Crippen LogP contribution in [0.25, 0.3) is 11.3 Å². The van der Waals surface area contributed by atoms with E-state index in [1.807, 2.05) is 59.8 Å². The maximum atomic E-state index is 12.6. The van der Waals surface area contributed by atoms with E-state index >= 15 is 0 Å². The molecule has 4 rings (SSSR count). The van der Waals surface area contributed by atoms with E-state index < -0.39 is 0 Å². The minimum absolute atomic E-state index is 0.0664. The molecule has 3 heterocycles. The van der Waals surface area contributed by atoms with Crippen LogP contribution < -0.4 is 4.90 Å². The topological polar surface area (TPSA) is 80.3 Å². The lowest BCUT2D eigenvalue weighted by molar-refractivity contribution is -0.130. The normalized spacial score (nSPS) is 14.6. The molecule has 0 unspecified atom stereocenters. The first-order valence-electron chi connectivity index (χ1n) is 9.01. The summed E-state index contributed by atoms with van der Waals surface area (Å²) in [6.07, 6.45) is 0.249. The Kier molecular flexibility index (Phi) is 4.62. The lowest BCUT2D eigenvalue weighted by atomic mass is 10.1. The largest absolute Gasteiger partial charge is 0.356 e. The van der Waals surface area contributed by atoms with Gasteiger partial charge in [-0.05, 0) is 6.92 Å². The minimum Gasteiger partial charge on any atom is -0.356 e. The maximum Gasteiger partial charge on any atom is 0.228 e. The Hall–Kier alpha value is -3.16. The van der Waals surface area contributed by atoms with Gasteiger partial charge in [-0.2, -0.15) is 0 Å². The van der Waals surface area contributed by atoms with Crippen molar-refractivity contribution < 1.29 is 9.32 Å². The maximum absolute atomic E-state index is 12.6. The van der Waals surface area contributed by atoms with E-state index in [0.29, 0.717) is 24.5 Å².